The largest absolute Gasteiger partial charge is 0.437 e. The van der Waals surface area contributed by atoms with Crippen molar-refractivity contribution in [2.24, 2.45) is 0 Å². The molecule has 0 aliphatic heterocycles. The summed E-state index contributed by atoms with van der Waals surface area (Å²) >= 11 is 6.17. The monoisotopic (exact) mass is 307 g/mol. The molecule has 0 amide bonds. The Hall–Kier alpha value is -1.85. The minimum absolute atomic E-state index is 0.317. The minimum atomic E-state index is 0.317. The van der Waals surface area contributed by atoms with Crippen LogP contribution < -0.4 is 10.1 Å². The lowest BCUT2D eigenvalue weighted by atomic mass is 10.2. The van der Waals surface area contributed by atoms with Crippen molar-refractivity contribution in [1.29, 1.82) is 0 Å². The second-order valence-electron chi connectivity index (χ2n) is 4.51. The molecule has 2 aromatic rings. The third kappa shape index (κ3) is 4.31. The van der Waals surface area contributed by atoms with Crippen molar-refractivity contribution in [3.63, 3.8) is 0 Å². The molecule has 0 aliphatic carbocycles. The highest BCUT2D eigenvalue weighted by Gasteiger charge is 2.09. The first-order valence-electron chi connectivity index (χ1n) is 6.67. The van der Waals surface area contributed by atoms with Crippen LogP contribution in [0.2, 0.25) is 5.02 Å². The number of methoxy groups -OCH3 is 1. The maximum atomic E-state index is 6.17. The number of nitrogens with one attached hydrogen (secondary N) is 1. The first kappa shape index (κ1) is 15.5. The molecular weight excluding hydrogens is 290 g/mol. The summed E-state index contributed by atoms with van der Waals surface area (Å²) in [7, 11) is 1.60. The molecular formula is C15H18ClN3O2. The number of benzene rings is 1. The summed E-state index contributed by atoms with van der Waals surface area (Å²) in [6, 6.07) is 7.34. The quantitative estimate of drug-likeness (QED) is 0.879. The maximum absolute atomic E-state index is 6.17. The lowest BCUT2D eigenvalue weighted by Crippen LogP contribution is -2.05. The Morgan fingerprint density at radius 1 is 1.24 bits per heavy atom. The predicted octanol–water partition coefficient (Wildman–Crippen LogP) is 3.81. The van der Waals surface area contributed by atoms with Gasteiger partial charge in [0.25, 0.3) is 0 Å². The number of rotatable bonds is 6. The topological polar surface area (TPSA) is 56.3 Å². The molecule has 0 saturated carbocycles. The Bertz CT molecular complexity index is 596. The molecule has 5 nitrogen and oxygen atoms in total. The van der Waals surface area contributed by atoms with Gasteiger partial charge in [-0.1, -0.05) is 17.7 Å². The average Bonchev–Trinajstić information content (AvgIpc) is 2.42. The number of hydrogen-bond donors (Lipinski definition) is 1. The van der Waals surface area contributed by atoms with E-state index < -0.39 is 0 Å². The zero-order valence-corrected chi connectivity index (χ0v) is 13.1. The number of halogens is 1. The molecule has 1 aromatic carbocycles. The fourth-order valence-corrected chi connectivity index (χ4v) is 2.07. The SMILES string of the molecule is CCNc1cc(Oc2ccc(C)cc2Cl)nc(COC)n1. The Kier molecular flexibility index (Phi) is 5.36. The van der Waals surface area contributed by atoms with Crippen LogP contribution in [0.4, 0.5) is 5.82 Å². The lowest BCUT2D eigenvalue weighted by molar-refractivity contribution is 0.177. The van der Waals surface area contributed by atoms with Crippen LogP contribution in [0.1, 0.15) is 18.3 Å². The Labute approximate surface area is 129 Å². The van der Waals surface area contributed by atoms with Crippen LogP contribution in [-0.2, 0) is 11.3 Å². The normalized spacial score (nSPS) is 10.5. The van der Waals surface area contributed by atoms with Gasteiger partial charge < -0.3 is 14.8 Å². The minimum Gasteiger partial charge on any atom is -0.437 e. The molecule has 0 aliphatic rings. The van der Waals surface area contributed by atoms with Crippen LogP contribution in [0.3, 0.4) is 0 Å². The molecule has 21 heavy (non-hydrogen) atoms. The van der Waals surface area contributed by atoms with Crippen molar-refractivity contribution in [1.82, 2.24) is 9.97 Å². The molecule has 0 spiro atoms. The van der Waals surface area contributed by atoms with Crippen LogP contribution >= 0.6 is 11.6 Å². The molecule has 1 aromatic heterocycles. The summed E-state index contributed by atoms with van der Waals surface area (Å²) in [6.45, 7) is 5.04. The number of aromatic nitrogens is 2. The van der Waals surface area contributed by atoms with Crippen molar-refractivity contribution >= 4 is 17.4 Å². The lowest BCUT2D eigenvalue weighted by Gasteiger charge is -2.11. The highest BCUT2D eigenvalue weighted by molar-refractivity contribution is 6.32. The summed E-state index contributed by atoms with van der Waals surface area (Å²) in [5, 5.41) is 3.68. The summed E-state index contributed by atoms with van der Waals surface area (Å²) in [4.78, 5) is 8.64. The predicted molar refractivity (Wildman–Crippen MR) is 83.2 cm³/mol. The Morgan fingerprint density at radius 2 is 2.05 bits per heavy atom. The number of aryl methyl sites for hydroxylation is 1. The van der Waals surface area contributed by atoms with Gasteiger partial charge in [0.2, 0.25) is 5.88 Å². The molecule has 1 heterocycles. The number of anilines is 1. The van der Waals surface area contributed by atoms with Gasteiger partial charge in [0.1, 0.15) is 18.2 Å². The Morgan fingerprint density at radius 3 is 2.71 bits per heavy atom. The van der Waals surface area contributed by atoms with E-state index in [4.69, 9.17) is 21.1 Å². The van der Waals surface area contributed by atoms with Gasteiger partial charge in [-0.25, -0.2) is 4.98 Å². The van der Waals surface area contributed by atoms with E-state index in [0.717, 1.165) is 12.1 Å². The van der Waals surface area contributed by atoms with Gasteiger partial charge in [-0.2, -0.15) is 4.98 Å². The third-order valence-electron chi connectivity index (χ3n) is 2.68. The first-order chi connectivity index (χ1) is 10.1. The van der Waals surface area contributed by atoms with Gasteiger partial charge >= 0.3 is 0 Å². The highest BCUT2D eigenvalue weighted by Crippen LogP contribution is 2.29. The molecule has 1 N–H and O–H groups in total. The molecule has 0 bridgehead atoms. The number of hydrogen-bond acceptors (Lipinski definition) is 5. The van der Waals surface area contributed by atoms with E-state index in [0.29, 0.717) is 34.9 Å². The molecule has 0 saturated heterocycles. The van der Waals surface area contributed by atoms with Crippen LogP contribution in [0.15, 0.2) is 24.3 Å². The number of ether oxygens (including phenoxy) is 2. The molecule has 0 unspecified atom stereocenters. The van der Waals surface area contributed by atoms with Crippen LogP contribution in [0, 0.1) is 6.92 Å². The zero-order chi connectivity index (χ0) is 15.2. The second kappa shape index (κ2) is 7.24. The standard InChI is InChI=1S/C15H18ClN3O2/c1-4-17-13-8-15(19-14(18-13)9-20-3)21-12-6-5-10(2)7-11(12)16/h5-8H,4,9H2,1-3H3,(H,17,18,19). The van der Waals surface area contributed by atoms with E-state index >= 15 is 0 Å². The van der Waals surface area contributed by atoms with Crippen molar-refractivity contribution < 1.29 is 9.47 Å². The van der Waals surface area contributed by atoms with E-state index in [1.807, 2.05) is 32.0 Å². The maximum Gasteiger partial charge on any atom is 0.224 e. The van der Waals surface area contributed by atoms with E-state index in [1.54, 1.807) is 13.2 Å². The van der Waals surface area contributed by atoms with Gasteiger partial charge in [0.15, 0.2) is 5.82 Å². The second-order valence-corrected chi connectivity index (χ2v) is 4.91. The molecule has 0 atom stereocenters. The highest BCUT2D eigenvalue weighted by atomic mass is 35.5. The molecule has 2 rings (SSSR count). The number of nitrogens with zero attached hydrogens (tertiary/aromatic N) is 2. The summed E-state index contributed by atoms with van der Waals surface area (Å²) in [5.74, 6) is 2.23. The van der Waals surface area contributed by atoms with Gasteiger partial charge in [-0.3, -0.25) is 0 Å². The first-order valence-corrected chi connectivity index (χ1v) is 7.05. The average molecular weight is 308 g/mol. The van der Waals surface area contributed by atoms with Crippen molar-refractivity contribution in [2.75, 3.05) is 19.0 Å². The summed E-state index contributed by atoms with van der Waals surface area (Å²) in [5.41, 5.74) is 1.07. The van der Waals surface area contributed by atoms with E-state index in [-0.39, 0.29) is 0 Å². The van der Waals surface area contributed by atoms with Crippen LogP contribution in [0.25, 0.3) is 0 Å². The van der Waals surface area contributed by atoms with Gasteiger partial charge in [-0.05, 0) is 31.5 Å². The zero-order valence-electron chi connectivity index (χ0n) is 12.3. The van der Waals surface area contributed by atoms with Crippen LogP contribution in [0.5, 0.6) is 11.6 Å². The van der Waals surface area contributed by atoms with Gasteiger partial charge in [0, 0.05) is 19.7 Å². The third-order valence-corrected chi connectivity index (χ3v) is 2.98. The van der Waals surface area contributed by atoms with Crippen molar-refractivity contribution in [3.05, 3.63) is 40.7 Å². The fourth-order valence-electron chi connectivity index (χ4n) is 1.79. The molecule has 6 heteroatoms. The summed E-state index contributed by atoms with van der Waals surface area (Å²) in [6.07, 6.45) is 0. The Balaban J connectivity index is 2.29. The van der Waals surface area contributed by atoms with Gasteiger partial charge in [-0.15, -0.1) is 0 Å². The molecule has 0 fully saturated rings. The molecule has 0 radical (unpaired) electrons. The van der Waals surface area contributed by atoms with E-state index in [2.05, 4.69) is 15.3 Å². The van der Waals surface area contributed by atoms with E-state index in [9.17, 15) is 0 Å². The van der Waals surface area contributed by atoms with E-state index in [1.165, 1.54) is 0 Å². The smallest absolute Gasteiger partial charge is 0.224 e. The molecule has 112 valence electrons. The van der Waals surface area contributed by atoms with Crippen LogP contribution in [-0.4, -0.2) is 23.6 Å². The van der Waals surface area contributed by atoms with Crippen molar-refractivity contribution in [2.45, 2.75) is 20.5 Å². The van der Waals surface area contributed by atoms with Crippen molar-refractivity contribution in [3.8, 4) is 11.6 Å². The fraction of sp³-hybridized carbons (Fsp3) is 0.333. The summed E-state index contributed by atoms with van der Waals surface area (Å²) < 4.78 is 10.8. The van der Waals surface area contributed by atoms with Gasteiger partial charge in [0.05, 0.1) is 5.02 Å².